The Morgan fingerprint density at radius 3 is 2.86 bits per heavy atom. The Labute approximate surface area is 134 Å². The number of nitrogen functional groups attached to an aromatic ring is 1. The number of nitrogens with two attached hydrogens (primary N) is 1. The molecule has 1 aliphatic heterocycles. The van der Waals surface area contributed by atoms with E-state index in [1.54, 1.807) is 17.0 Å². The van der Waals surface area contributed by atoms with Crippen LogP contribution in [0.5, 0.6) is 0 Å². The first kappa shape index (κ1) is 16.6. The van der Waals surface area contributed by atoms with Crippen molar-refractivity contribution in [2.24, 2.45) is 0 Å². The molecule has 0 radical (unpaired) electrons. The summed E-state index contributed by atoms with van der Waals surface area (Å²) in [5.74, 6) is -1.28. The molecule has 6 nitrogen and oxygen atoms in total. The quantitative estimate of drug-likeness (QED) is 0.581. The van der Waals surface area contributed by atoms with Gasteiger partial charge in [-0.1, -0.05) is 11.6 Å². The highest BCUT2D eigenvalue weighted by atomic mass is 35.5. The molecule has 1 fully saturated rings. The van der Waals surface area contributed by atoms with Gasteiger partial charge in [-0.3, -0.25) is 9.59 Å². The van der Waals surface area contributed by atoms with E-state index >= 15 is 0 Å². The number of aliphatic hydroxyl groups excluding tert-OH is 1. The molecule has 4 N–H and O–H groups in total. The largest absolute Gasteiger partial charge is 0.398 e. The second kappa shape index (κ2) is 7.47. The van der Waals surface area contributed by atoms with Crippen molar-refractivity contribution in [3.05, 3.63) is 23.2 Å². The van der Waals surface area contributed by atoms with Crippen molar-refractivity contribution in [1.82, 2.24) is 4.90 Å². The monoisotopic (exact) mass is 325 g/mol. The maximum absolute atomic E-state index is 12.3. The van der Waals surface area contributed by atoms with Gasteiger partial charge >= 0.3 is 11.8 Å². The Hall–Kier alpha value is -1.79. The number of nitrogens with one attached hydrogen (secondary N) is 1. The zero-order chi connectivity index (χ0) is 16.1. The van der Waals surface area contributed by atoms with E-state index in [0.717, 1.165) is 19.3 Å². The number of amides is 2. The molecule has 0 bridgehead atoms. The molecule has 1 aromatic carbocycles. The molecule has 0 spiro atoms. The van der Waals surface area contributed by atoms with Crippen LogP contribution in [0.1, 0.15) is 25.7 Å². The SMILES string of the molecule is Nc1ccc(NC(=O)C(=O)N2CCCCC2CCO)cc1Cl. The molecule has 1 saturated heterocycles. The lowest BCUT2D eigenvalue weighted by atomic mass is 9.99. The smallest absolute Gasteiger partial charge is 0.313 e. The third-order valence-corrected chi connectivity index (χ3v) is 4.13. The van der Waals surface area contributed by atoms with Crippen molar-refractivity contribution >= 4 is 34.8 Å². The van der Waals surface area contributed by atoms with E-state index in [0.29, 0.717) is 29.4 Å². The third-order valence-electron chi connectivity index (χ3n) is 3.80. The normalized spacial score (nSPS) is 18.1. The number of carbonyl (C=O) groups is 2. The fraction of sp³-hybridized carbons (Fsp3) is 0.467. The molecule has 1 aromatic rings. The number of aliphatic hydroxyl groups is 1. The number of hydrogen-bond acceptors (Lipinski definition) is 4. The number of rotatable bonds is 3. The van der Waals surface area contributed by atoms with Gasteiger partial charge in [0.25, 0.3) is 0 Å². The highest BCUT2D eigenvalue weighted by Gasteiger charge is 2.30. The summed E-state index contributed by atoms with van der Waals surface area (Å²) in [4.78, 5) is 26.0. The average Bonchev–Trinajstić information content (AvgIpc) is 2.51. The molecule has 7 heteroatoms. The van der Waals surface area contributed by atoms with E-state index in [-0.39, 0.29) is 12.6 Å². The van der Waals surface area contributed by atoms with Crippen LogP contribution >= 0.6 is 11.6 Å². The number of piperidine rings is 1. The van der Waals surface area contributed by atoms with Gasteiger partial charge in [0.15, 0.2) is 0 Å². The van der Waals surface area contributed by atoms with Crippen molar-refractivity contribution in [3.8, 4) is 0 Å². The Morgan fingerprint density at radius 1 is 1.41 bits per heavy atom. The average molecular weight is 326 g/mol. The minimum Gasteiger partial charge on any atom is -0.398 e. The van der Waals surface area contributed by atoms with Crippen molar-refractivity contribution in [2.45, 2.75) is 31.7 Å². The fourth-order valence-corrected chi connectivity index (χ4v) is 2.82. The maximum Gasteiger partial charge on any atom is 0.313 e. The summed E-state index contributed by atoms with van der Waals surface area (Å²) in [6, 6.07) is 4.59. The van der Waals surface area contributed by atoms with Crippen LogP contribution in [-0.4, -0.2) is 41.0 Å². The predicted molar refractivity (Wildman–Crippen MR) is 85.5 cm³/mol. The fourth-order valence-electron chi connectivity index (χ4n) is 2.64. The minimum atomic E-state index is -0.703. The van der Waals surface area contributed by atoms with Gasteiger partial charge in [0.2, 0.25) is 0 Å². The molecule has 1 aliphatic rings. The number of nitrogens with zero attached hydrogens (tertiary/aromatic N) is 1. The Morgan fingerprint density at radius 2 is 2.18 bits per heavy atom. The number of anilines is 2. The number of likely N-dealkylation sites (tertiary alicyclic amines) is 1. The summed E-state index contributed by atoms with van der Waals surface area (Å²) in [5.41, 5.74) is 6.44. The van der Waals surface area contributed by atoms with Crippen LogP contribution in [0, 0.1) is 0 Å². The lowest BCUT2D eigenvalue weighted by Crippen LogP contribution is -2.48. The van der Waals surface area contributed by atoms with Crippen molar-refractivity contribution in [2.75, 3.05) is 24.2 Å². The van der Waals surface area contributed by atoms with E-state index < -0.39 is 11.8 Å². The molecule has 0 aliphatic carbocycles. The van der Waals surface area contributed by atoms with Gasteiger partial charge in [-0.05, 0) is 43.9 Å². The second-order valence-corrected chi connectivity index (χ2v) is 5.76. The molecule has 0 saturated carbocycles. The summed E-state index contributed by atoms with van der Waals surface area (Å²) in [7, 11) is 0. The van der Waals surface area contributed by atoms with Gasteiger partial charge < -0.3 is 21.1 Å². The maximum atomic E-state index is 12.3. The molecule has 1 atom stereocenters. The Balaban J connectivity index is 2.04. The Bertz CT molecular complexity index is 563. The van der Waals surface area contributed by atoms with Gasteiger partial charge in [-0.25, -0.2) is 0 Å². The van der Waals surface area contributed by atoms with Crippen LogP contribution in [0.2, 0.25) is 5.02 Å². The zero-order valence-corrected chi connectivity index (χ0v) is 13.0. The molecule has 120 valence electrons. The highest BCUT2D eigenvalue weighted by molar-refractivity contribution is 6.40. The summed E-state index contributed by atoms with van der Waals surface area (Å²) < 4.78 is 0. The minimum absolute atomic E-state index is 0.00361. The van der Waals surface area contributed by atoms with E-state index in [2.05, 4.69) is 5.32 Å². The molecule has 0 aromatic heterocycles. The summed E-state index contributed by atoms with van der Waals surface area (Å²) in [6.07, 6.45) is 3.18. The van der Waals surface area contributed by atoms with E-state index in [1.165, 1.54) is 6.07 Å². The van der Waals surface area contributed by atoms with E-state index in [4.69, 9.17) is 22.4 Å². The van der Waals surface area contributed by atoms with Gasteiger partial charge in [0, 0.05) is 24.9 Å². The second-order valence-electron chi connectivity index (χ2n) is 5.35. The summed E-state index contributed by atoms with van der Waals surface area (Å²) in [5, 5.41) is 11.9. The van der Waals surface area contributed by atoms with Crippen molar-refractivity contribution in [3.63, 3.8) is 0 Å². The molecule has 2 rings (SSSR count). The first-order chi connectivity index (χ1) is 10.5. The van der Waals surface area contributed by atoms with Crippen LogP contribution in [-0.2, 0) is 9.59 Å². The first-order valence-corrected chi connectivity index (χ1v) is 7.68. The van der Waals surface area contributed by atoms with Gasteiger partial charge in [-0.15, -0.1) is 0 Å². The zero-order valence-electron chi connectivity index (χ0n) is 12.2. The number of halogens is 1. The standard InChI is InChI=1S/C15H20ClN3O3/c16-12-9-10(4-5-13(12)17)18-14(21)15(22)19-7-2-1-3-11(19)6-8-20/h4-5,9,11,20H,1-3,6-8,17H2,(H,18,21). The van der Waals surface area contributed by atoms with Gasteiger partial charge in [0.05, 0.1) is 10.7 Å². The van der Waals surface area contributed by atoms with Crippen molar-refractivity contribution < 1.29 is 14.7 Å². The van der Waals surface area contributed by atoms with Crippen molar-refractivity contribution in [1.29, 1.82) is 0 Å². The lowest BCUT2D eigenvalue weighted by molar-refractivity contribution is -0.146. The number of hydrogen-bond donors (Lipinski definition) is 3. The Kier molecular flexibility index (Phi) is 5.63. The number of benzene rings is 1. The van der Waals surface area contributed by atoms with E-state index in [9.17, 15) is 9.59 Å². The van der Waals surface area contributed by atoms with E-state index in [1.807, 2.05) is 0 Å². The van der Waals surface area contributed by atoms with Gasteiger partial charge in [-0.2, -0.15) is 0 Å². The molecular formula is C15H20ClN3O3. The number of carbonyl (C=O) groups excluding carboxylic acids is 2. The van der Waals surface area contributed by atoms with Crippen LogP contribution in [0.25, 0.3) is 0 Å². The van der Waals surface area contributed by atoms with Crippen LogP contribution in [0.4, 0.5) is 11.4 Å². The summed E-state index contributed by atoms with van der Waals surface area (Å²) >= 11 is 5.89. The molecule has 2 amide bonds. The third kappa shape index (κ3) is 3.90. The first-order valence-electron chi connectivity index (χ1n) is 7.30. The lowest BCUT2D eigenvalue weighted by Gasteiger charge is -2.35. The molecule has 22 heavy (non-hydrogen) atoms. The van der Waals surface area contributed by atoms with Crippen LogP contribution in [0.15, 0.2) is 18.2 Å². The topological polar surface area (TPSA) is 95.7 Å². The molecular weight excluding hydrogens is 306 g/mol. The summed E-state index contributed by atoms with van der Waals surface area (Å²) in [6.45, 7) is 0.545. The molecule has 1 unspecified atom stereocenters. The highest BCUT2D eigenvalue weighted by Crippen LogP contribution is 2.23. The molecule has 1 heterocycles. The predicted octanol–water partition coefficient (Wildman–Crippen LogP) is 1.62. The van der Waals surface area contributed by atoms with Gasteiger partial charge in [0.1, 0.15) is 0 Å². The van der Waals surface area contributed by atoms with Crippen LogP contribution in [0.3, 0.4) is 0 Å². The van der Waals surface area contributed by atoms with Crippen LogP contribution < -0.4 is 11.1 Å².